The van der Waals surface area contributed by atoms with Crippen LogP contribution in [0, 0.1) is 11.3 Å². The van der Waals surface area contributed by atoms with Crippen LogP contribution in [0.15, 0.2) is 48.5 Å². The van der Waals surface area contributed by atoms with E-state index in [0.717, 1.165) is 12.1 Å². The van der Waals surface area contributed by atoms with E-state index >= 15 is 0 Å². The van der Waals surface area contributed by atoms with Crippen LogP contribution in [0.3, 0.4) is 0 Å². The Morgan fingerprint density at radius 2 is 1.70 bits per heavy atom. The highest BCUT2D eigenvalue weighted by molar-refractivity contribution is 5.50. The van der Waals surface area contributed by atoms with E-state index in [2.05, 4.69) is 42.6 Å². The maximum atomic E-state index is 8.84. The number of nitrogens with zero attached hydrogens (tertiary/aromatic N) is 1. The van der Waals surface area contributed by atoms with Gasteiger partial charge in [-0.15, -0.1) is 0 Å². The highest BCUT2D eigenvalue weighted by Gasteiger charge is 2.23. The smallest absolute Gasteiger partial charge is 0.0991 e. The van der Waals surface area contributed by atoms with Gasteiger partial charge in [-0.05, 0) is 54.2 Å². The maximum absolute atomic E-state index is 8.84. The van der Waals surface area contributed by atoms with Crippen molar-refractivity contribution in [2.75, 3.05) is 5.32 Å². The molecule has 100 valence electrons. The number of hydrogen-bond donors (Lipinski definition) is 1. The summed E-state index contributed by atoms with van der Waals surface area (Å²) in [4.78, 5) is 0. The van der Waals surface area contributed by atoms with Crippen LogP contribution in [-0.2, 0) is 0 Å². The molecule has 20 heavy (non-hydrogen) atoms. The first kappa shape index (κ1) is 12.7. The second kappa shape index (κ2) is 5.38. The van der Waals surface area contributed by atoms with Crippen molar-refractivity contribution in [1.82, 2.24) is 0 Å². The highest BCUT2D eigenvalue weighted by Crippen LogP contribution is 2.38. The Kier molecular flexibility index (Phi) is 3.43. The molecule has 0 heterocycles. The molecule has 0 aromatic heterocycles. The standard InChI is InChI=1S/C18H18N2/c1-13-6-11-18(17-5-3-2-4-16(13)17)20-15-9-7-14(12-19)8-10-15/h2-5,7-10,13,18,20H,6,11H2,1H3. The summed E-state index contributed by atoms with van der Waals surface area (Å²) < 4.78 is 0. The Bertz CT molecular complexity index is 637. The Morgan fingerprint density at radius 3 is 2.40 bits per heavy atom. The lowest BCUT2D eigenvalue weighted by Crippen LogP contribution is -2.19. The van der Waals surface area contributed by atoms with E-state index in [1.165, 1.54) is 17.5 Å². The Labute approximate surface area is 120 Å². The molecular weight excluding hydrogens is 244 g/mol. The van der Waals surface area contributed by atoms with Crippen LogP contribution in [0.4, 0.5) is 5.69 Å². The van der Waals surface area contributed by atoms with Crippen LogP contribution in [-0.4, -0.2) is 0 Å². The third-order valence-electron chi connectivity index (χ3n) is 4.15. The Hall–Kier alpha value is -2.27. The number of rotatable bonds is 2. The molecule has 1 aliphatic carbocycles. The summed E-state index contributed by atoms with van der Waals surface area (Å²) in [5.74, 6) is 0.644. The van der Waals surface area contributed by atoms with Gasteiger partial charge in [0, 0.05) is 5.69 Å². The van der Waals surface area contributed by atoms with Crippen molar-refractivity contribution in [3.8, 4) is 6.07 Å². The Balaban J connectivity index is 1.85. The summed E-state index contributed by atoms with van der Waals surface area (Å²) in [6, 6.07) is 18.9. The average Bonchev–Trinajstić information content (AvgIpc) is 2.51. The molecule has 0 bridgehead atoms. The molecule has 2 atom stereocenters. The monoisotopic (exact) mass is 262 g/mol. The largest absolute Gasteiger partial charge is 0.378 e. The number of hydrogen-bond acceptors (Lipinski definition) is 2. The summed E-state index contributed by atoms with van der Waals surface area (Å²) in [6.45, 7) is 2.30. The number of nitrogens with one attached hydrogen (secondary N) is 1. The number of fused-ring (bicyclic) bond motifs is 1. The lowest BCUT2D eigenvalue weighted by Gasteiger charge is -2.31. The van der Waals surface area contributed by atoms with Gasteiger partial charge in [0.15, 0.2) is 0 Å². The summed E-state index contributed by atoms with van der Waals surface area (Å²) in [7, 11) is 0. The van der Waals surface area contributed by atoms with Crippen LogP contribution in [0.5, 0.6) is 0 Å². The minimum absolute atomic E-state index is 0.371. The van der Waals surface area contributed by atoms with Crippen molar-refractivity contribution >= 4 is 5.69 Å². The molecule has 2 aromatic carbocycles. The quantitative estimate of drug-likeness (QED) is 0.858. The van der Waals surface area contributed by atoms with E-state index in [4.69, 9.17) is 5.26 Å². The molecule has 0 aliphatic heterocycles. The molecule has 2 aromatic rings. The zero-order valence-electron chi connectivity index (χ0n) is 11.6. The molecule has 0 saturated heterocycles. The van der Waals surface area contributed by atoms with Gasteiger partial charge in [0.05, 0.1) is 17.7 Å². The second-order valence-electron chi connectivity index (χ2n) is 5.49. The van der Waals surface area contributed by atoms with E-state index in [1.54, 1.807) is 0 Å². The van der Waals surface area contributed by atoms with Crippen molar-refractivity contribution in [2.45, 2.75) is 31.7 Å². The molecule has 2 unspecified atom stereocenters. The van der Waals surface area contributed by atoms with Gasteiger partial charge in [-0.1, -0.05) is 31.2 Å². The minimum atomic E-state index is 0.371. The molecule has 2 heteroatoms. The molecule has 0 saturated carbocycles. The molecule has 1 N–H and O–H groups in total. The molecule has 0 radical (unpaired) electrons. The second-order valence-corrected chi connectivity index (χ2v) is 5.49. The van der Waals surface area contributed by atoms with E-state index in [-0.39, 0.29) is 0 Å². The third kappa shape index (κ3) is 2.40. The fourth-order valence-electron chi connectivity index (χ4n) is 3.00. The predicted octanol–water partition coefficient (Wildman–Crippen LogP) is 4.61. The molecule has 1 aliphatic rings. The van der Waals surface area contributed by atoms with Crippen molar-refractivity contribution in [3.63, 3.8) is 0 Å². The summed E-state index contributed by atoms with van der Waals surface area (Å²) in [5, 5.41) is 12.4. The van der Waals surface area contributed by atoms with Gasteiger partial charge >= 0.3 is 0 Å². The lowest BCUT2D eigenvalue weighted by atomic mass is 9.81. The molecule has 2 nitrogen and oxygen atoms in total. The fraction of sp³-hybridized carbons (Fsp3) is 0.278. The van der Waals surface area contributed by atoms with E-state index in [0.29, 0.717) is 17.5 Å². The minimum Gasteiger partial charge on any atom is -0.378 e. The molecular formula is C18H18N2. The molecule has 0 amide bonds. The van der Waals surface area contributed by atoms with Crippen molar-refractivity contribution in [2.24, 2.45) is 0 Å². The molecule has 0 spiro atoms. The first-order chi connectivity index (χ1) is 9.78. The number of nitriles is 1. The number of benzene rings is 2. The van der Waals surface area contributed by atoms with Crippen LogP contribution >= 0.6 is 0 Å². The zero-order chi connectivity index (χ0) is 13.9. The van der Waals surface area contributed by atoms with Gasteiger partial charge in [0.1, 0.15) is 0 Å². The first-order valence-corrected chi connectivity index (χ1v) is 7.13. The van der Waals surface area contributed by atoms with Crippen LogP contribution in [0.2, 0.25) is 0 Å². The SMILES string of the molecule is CC1CCC(Nc2ccc(C#N)cc2)c2ccccc21. The summed E-state index contributed by atoms with van der Waals surface area (Å²) in [5.41, 5.74) is 4.66. The fourth-order valence-corrected chi connectivity index (χ4v) is 3.00. The van der Waals surface area contributed by atoms with Crippen LogP contribution in [0.1, 0.15) is 48.4 Å². The number of anilines is 1. The highest BCUT2D eigenvalue weighted by atomic mass is 14.9. The normalized spacial score (nSPS) is 20.8. The van der Waals surface area contributed by atoms with Gasteiger partial charge in [-0.2, -0.15) is 5.26 Å². The summed E-state index contributed by atoms with van der Waals surface area (Å²) >= 11 is 0. The van der Waals surface area contributed by atoms with Gasteiger partial charge in [0.2, 0.25) is 0 Å². The van der Waals surface area contributed by atoms with E-state index < -0.39 is 0 Å². The zero-order valence-corrected chi connectivity index (χ0v) is 11.6. The van der Waals surface area contributed by atoms with Crippen molar-refractivity contribution < 1.29 is 0 Å². The maximum Gasteiger partial charge on any atom is 0.0991 e. The Morgan fingerprint density at radius 1 is 1.00 bits per heavy atom. The molecule has 0 fully saturated rings. The van der Waals surface area contributed by atoms with Crippen LogP contribution < -0.4 is 5.32 Å². The van der Waals surface area contributed by atoms with Gasteiger partial charge in [-0.3, -0.25) is 0 Å². The molecule has 3 rings (SSSR count). The average molecular weight is 262 g/mol. The van der Waals surface area contributed by atoms with E-state index in [1.807, 2.05) is 24.3 Å². The summed E-state index contributed by atoms with van der Waals surface area (Å²) in [6.07, 6.45) is 2.36. The predicted molar refractivity (Wildman–Crippen MR) is 81.6 cm³/mol. The van der Waals surface area contributed by atoms with Crippen molar-refractivity contribution in [1.29, 1.82) is 5.26 Å². The van der Waals surface area contributed by atoms with Gasteiger partial charge in [-0.25, -0.2) is 0 Å². The topological polar surface area (TPSA) is 35.8 Å². The van der Waals surface area contributed by atoms with Gasteiger partial charge in [0.25, 0.3) is 0 Å². The lowest BCUT2D eigenvalue weighted by molar-refractivity contribution is 0.534. The third-order valence-corrected chi connectivity index (χ3v) is 4.15. The first-order valence-electron chi connectivity index (χ1n) is 7.13. The van der Waals surface area contributed by atoms with Crippen molar-refractivity contribution in [3.05, 3.63) is 65.2 Å². The van der Waals surface area contributed by atoms with Crippen LogP contribution in [0.25, 0.3) is 0 Å². The van der Waals surface area contributed by atoms with Gasteiger partial charge < -0.3 is 5.32 Å². The van der Waals surface area contributed by atoms with E-state index in [9.17, 15) is 0 Å².